The summed E-state index contributed by atoms with van der Waals surface area (Å²) in [6, 6.07) is 0. The van der Waals surface area contributed by atoms with Gasteiger partial charge >= 0.3 is 5.97 Å². The fourth-order valence-corrected chi connectivity index (χ4v) is 1.26. The van der Waals surface area contributed by atoms with Crippen molar-refractivity contribution in [1.29, 1.82) is 0 Å². The number of carboxylic acid groups (broad SMARTS) is 1. The Morgan fingerprint density at radius 2 is 2.33 bits per heavy atom. The maximum absolute atomic E-state index is 10.7. The van der Waals surface area contributed by atoms with Crippen LogP contribution < -0.4 is 0 Å². The molecular formula is C8H8N2O2. The SMILES string of the molecule is O=C(O)C1=CC=CN2CC=CN12. The molecule has 0 spiro atoms. The summed E-state index contributed by atoms with van der Waals surface area (Å²) in [6.07, 6.45) is 8.81. The van der Waals surface area contributed by atoms with Crippen LogP contribution >= 0.6 is 0 Å². The van der Waals surface area contributed by atoms with E-state index < -0.39 is 5.97 Å². The molecule has 4 nitrogen and oxygen atoms in total. The molecule has 0 atom stereocenters. The summed E-state index contributed by atoms with van der Waals surface area (Å²) < 4.78 is 0. The monoisotopic (exact) mass is 164 g/mol. The lowest BCUT2D eigenvalue weighted by atomic mass is 10.3. The van der Waals surface area contributed by atoms with Crippen molar-refractivity contribution in [3.05, 3.63) is 36.3 Å². The van der Waals surface area contributed by atoms with E-state index in [1.165, 1.54) is 0 Å². The Balaban J connectivity index is 2.32. The summed E-state index contributed by atoms with van der Waals surface area (Å²) in [4.78, 5) is 10.7. The number of aliphatic carboxylic acids is 1. The van der Waals surface area contributed by atoms with Crippen LogP contribution in [0.25, 0.3) is 0 Å². The highest BCUT2D eigenvalue weighted by Crippen LogP contribution is 2.19. The van der Waals surface area contributed by atoms with Crippen molar-refractivity contribution in [2.45, 2.75) is 0 Å². The molecule has 0 fully saturated rings. The van der Waals surface area contributed by atoms with E-state index in [0.717, 1.165) is 6.54 Å². The van der Waals surface area contributed by atoms with Crippen LogP contribution in [-0.2, 0) is 4.79 Å². The topological polar surface area (TPSA) is 43.8 Å². The van der Waals surface area contributed by atoms with Gasteiger partial charge in [0.1, 0.15) is 5.70 Å². The van der Waals surface area contributed by atoms with E-state index in [0.29, 0.717) is 0 Å². The van der Waals surface area contributed by atoms with E-state index in [1.807, 2.05) is 17.3 Å². The molecular weight excluding hydrogens is 156 g/mol. The third kappa shape index (κ3) is 0.887. The molecule has 0 aromatic heterocycles. The number of fused-ring (bicyclic) bond motifs is 1. The first-order chi connectivity index (χ1) is 5.79. The van der Waals surface area contributed by atoms with Gasteiger partial charge in [-0.1, -0.05) is 0 Å². The molecule has 4 heteroatoms. The minimum absolute atomic E-state index is 0.284. The van der Waals surface area contributed by atoms with Crippen LogP contribution in [0.3, 0.4) is 0 Å². The van der Waals surface area contributed by atoms with Crippen LogP contribution in [0.2, 0.25) is 0 Å². The van der Waals surface area contributed by atoms with Crippen LogP contribution in [0.15, 0.2) is 36.3 Å². The molecule has 0 aromatic rings. The van der Waals surface area contributed by atoms with Crippen molar-refractivity contribution >= 4 is 5.97 Å². The number of carboxylic acids is 1. The van der Waals surface area contributed by atoms with Crippen molar-refractivity contribution in [2.75, 3.05) is 6.54 Å². The first kappa shape index (κ1) is 6.97. The second-order valence-corrected chi connectivity index (χ2v) is 2.55. The first-order valence-corrected chi connectivity index (χ1v) is 3.63. The number of nitrogens with zero attached hydrogens (tertiary/aromatic N) is 2. The minimum atomic E-state index is -0.907. The van der Waals surface area contributed by atoms with Gasteiger partial charge in [-0.2, -0.15) is 0 Å². The molecule has 0 bridgehead atoms. The molecule has 2 rings (SSSR count). The third-order valence-corrected chi connectivity index (χ3v) is 1.79. The molecule has 2 aliphatic rings. The number of hydrazine groups is 1. The molecule has 0 amide bonds. The fourth-order valence-electron chi connectivity index (χ4n) is 1.26. The molecule has 2 aliphatic heterocycles. The Bertz CT molecular complexity index is 304. The van der Waals surface area contributed by atoms with Gasteiger partial charge in [-0.15, -0.1) is 0 Å². The lowest BCUT2D eigenvalue weighted by Crippen LogP contribution is -2.34. The van der Waals surface area contributed by atoms with Gasteiger partial charge in [-0.3, -0.25) is 10.0 Å². The number of carbonyl (C=O) groups is 1. The van der Waals surface area contributed by atoms with Crippen LogP contribution in [-0.4, -0.2) is 27.6 Å². The highest BCUT2D eigenvalue weighted by molar-refractivity contribution is 5.86. The highest BCUT2D eigenvalue weighted by Gasteiger charge is 2.23. The molecule has 62 valence electrons. The normalized spacial score (nSPS) is 19.5. The van der Waals surface area contributed by atoms with Gasteiger partial charge in [0.2, 0.25) is 0 Å². The zero-order valence-electron chi connectivity index (χ0n) is 6.34. The zero-order chi connectivity index (χ0) is 8.55. The number of hydrogen-bond donors (Lipinski definition) is 1. The molecule has 0 saturated carbocycles. The maximum atomic E-state index is 10.7. The van der Waals surface area contributed by atoms with Crippen LogP contribution in [0.1, 0.15) is 0 Å². The van der Waals surface area contributed by atoms with Crippen LogP contribution in [0, 0.1) is 0 Å². The highest BCUT2D eigenvalue weighted by atomic mass is 16.4. The lowest BCUT2D eigenvalue weighted by Gasteiger charge is -2.29. The molecule has 1 N–H and O–H groups in total. The second-order valence-electron chi connectivity index (χ2n) is 2.55. The molecule has 2 heterocycles. The summed E-state index contributed by atoms with van der Waals surface area (Å²) in [5.74, 6) is -0.907. The first-order valence-electron chi connectivity index (χ1n) is 3.63. The van der Waals surface area contributed by atoms with E-state index in [4.69, 9.17) is 5.11 Å². The van der Waals surface area contributed by atoms with Gasteiger partial charge < -0.3 is 5.11 Å². The minimum Gasteiger partial charge on any atom is -0.477 e. The molecule has 0 aromatic carbocycles. The summed E-state index contributed by atoms with van der Waals surface area (Å²) in [5, 5.41) is 12.2. The van der Waals surface area contributed by atoms with Gasteiger partial charge in [0.15, 0.2) is 0 Å². The Labute approximate surface area is 69.7 Å². The molecule has 12 heavy (non-hydrogen) atoms. The summed E-state index contributed by atoms with van der Waals surface area (Å²) in [6.45, 7) is 0.737. The standard InChI is InChI=1S/C8H8N2O2/c11-8(12)7-3-1-4-9-5-2-6-10(7)9/h1-4,6H,5H2,(H,11,12). The van der Waals surface area contributed by atoms with Crippen LogP contribution in [0.5, 0.6) is 0 Å². The van der Waals surface area contributed by atoms with E-state index in [2.05, 4.69) is 0 Å². The molecule has 0 saturated heterocycles. The van der Waals surface area contributed by atoms with E-state index in [1.54, 1.807) is 23.4 Å². The number of hydrogen-bond acceptors (Lipinski definition) is 3. The average Bonchev–Trinajstić information content (AvgIpc) is 2.49. The van der Waals surface area contributed by atoms with Crippen molar-refractivity contribution in [1.82, 2.24) is 10.0 Å². The number of rotatable bonds is 1. The van der Waals surface area contributed by atoms with Crippen molar-refractivity contribution < 1.29 is 9.90 Å². The maximum Gasteiger partial charge on any atom is 0.354 e. The molecule has 0 radical (unpaired) electrons. The van der Waals surface area contributed by atoms with E-state index in [-0.39, 0.29) is 5.70 Å². The summed E-state index contributed by atoms with van der Waals surface area (Å²) in [5.41, 5.74) is 0.284. The van der Waals surface area contributed by atoms with Crippen molar-refractivity contribution in [3.63, 3.8) is 0 Å². The zero-order valence-corrected chi connectivity index (χ0v) is 6.34. The Morgan fingerprint density at radius 3 is 3.08 bits per heavy atom. The smallest absolute Gasteiger partial charge is 0.354 e. The summed E-state index contributed by atoms with van der Waals surface area (Å²) in [7, 11) is 0. The van der Waals surface area contributed by atoms with Crippen LogP contribution in [0.4, 0.5) is 0 Å². The van der Waals surface area contributed by atoms with Crippen molar-refractivity contribution in [3.8, 4) is 0 Å². The predicted octanol–water partition coefficient (Wildman–Crippen LogP) is 0.529. The molecule has 0 unspecified atom stereocenters. The quantitative estimate of drug-likeness (QED) is 0.614. The van der Waals surface area contributed by atoms with E-state index >= 15 is 0 Å². The fraction of sp³-hybridized carbons (Fsp3) is 0.125. The Morgan fingerprint density at radius 1 is 1.50 bits per heavy atom. The van der Waals surface area contributed by atoms with Gasteiger partial charge in [-0.05, 0) is 18.2 Å². The predicted molar refractivity (Wildman–Crippen MR) is 42.5 cm³/mol. The van der Waals surface area contributed by atoms with Gasteiger partial charge in [0.05, 0.1) is 6.54 Å². The Kier molecular flexibility index (Phi) is 1.40. The van der Waals surface area contributed by atoms with Gasteiger partial charge in [0.25, 0.3) is 0 Å². The summed E-state index contributed by atoms with van der Waals surface area (Å²) >= 11 is 0. The second kappa shape index (κ2) is 2.41. The Hall–Kier alpha value is -1.71. The average molecular weight is 164 g/mol. The lowest BCUT2D eigenvalue weighted by molar-refractivity contribution is -0.135. The number of allylic oxidation sites excluding steroid dienone is 2. The third-order valence-electron chi connectivity index (χ3n) is 1.79. The van der Waals surface area contributed by atoms with Gasteiger partial charge in [0, 0.05) is 12.4 Å². The largest absolute Gasteiger partial charge is 0.477 e. The van der Waals surface area contributed by atoms with Gasteiger partial charge in [-0.25, -0.2) is 4.79 Å². The van der Waals surface area contributed by atoms with E-state index in [9.17, 15) is 4.79 Å². The van der Waals surface area contributed by atoms with Crippen molar-refractivity contribution in [2.24, 2.45) is 0 Å². The molecule has 0 aliphatic carbocycles.